The van der Waals surface area contributed by atoms with Crippen LogP contribution in [0.15, 0.2) is 54.6 Å². The van der Waals surface area contributed by atoms with E-state index in [4.69, 9.17) is 11.6 Å². The van der Waals surface area contributed by atoms with Crippen LogP contribution in [0.3, 0.4) is 0 Å². The number of nitro benzene ring substituents is 4. The van der Waals surface area contributed by atoms with Crippen molar-refractivity contribution >= 4 is 62.8 Å². The van der Waals surface area contributed by atoms with Gasteiger partial charge in [-0.1, -0.05) is 0 Å². The molecule has 3 rings (SSSR count). The van der Waals surface area contributed by atoms with Gasteiger partial charge >= 0.3 is 0 Å². The molecule has 18 heteroatoms. The highest BCUT2D eigenvalue weighted by atomic mass is 35.5. The molecule has 2 N–H and O–H groups in total. The largest absolute Gasteiger partial charge is 0.322 e. The van der Waals surface area contributed by atoms with E-state index in [0.717, 1.165) is 42.5 Å². The van der Waals surface area contributed by atoms with Crippen molar-refractivity contribution in [2.75, 3.05) is 10.6 Å². The van der Waals surface area contributed by atoms with Gasteiger partial charge in [0, 0.05) is 41.2 Å². The Morgan fingerprint density at radius 2 is 0.821 bits per heavy atom. The summed E-state index contributed by atoms with van der Waals surface area (Å²) in [4.78, 5) is 77.8. The molecule has 0 heterocycles. The van der Waals surface area contributed by atoms with Gasteiger partial charge in [0.25, 0.3) is 39.8 Å². The van der Waals surface area contributed by atoms with Gasteiger partial charge in [-0.3, -0.25) is 54.8 Å². The quantitative estimate of drug-likeness (QED) is 0.214. The summed E-state index contributed by atoms with van der Waals surface area (Å²) in [5.74, 6) is -2.12. The van der Waals surface area contributed by atoms with Crippen molar-refractivity contribution in [2.45, 2.75) is 0 Å². The molecular weight excluding hydrogens is 548 g/mol. The molecule has 3 aromatic rings. The van der Waals surface area contributed by atoms with Crippen LogP contribution in [0.5, 0.6) is 0 Å². The smallest absolute Gasteiger partial charge is 0.277 e. The van der Waals surface area contributed by atoms with E-state index in [2.05, 4.69) is 10.6 Å². The van der Waals surface area contributed by atoms with Crippen molar-refractivity contribution in [3.63, 3.8) is 0 Å². The van der Waals surface area contributed by atoms with E-state index in [1.54, 1.807) is 0 Å². The molecule has 0 saturated carbocycles. The van der Waals surface area contributed by atoms with Gasteiger partial charge in [0.05, 0.1) is 43.0 Å². The van der Waals surface area contributed by atoms with Gasteiger partial charge in [-0.25, -0.2) is 0 Å². The normalized spacial score (nSPS) is 10.3. The lowest BCUT2D eigenvalue weighted by atomic mass is 10.1. The fourth-order valence-electron chi connectivity index (χ4n) is 3.17. The van der Waals surface area contributed by atoms with Crippen LogP contribution in [0, 0.1) is 40.5 Å². The molecule has 0 spiro atoms. The van der Waals surface area contributed by atoms with Crippen molar-refractivity contribution in [1.29, 1.82) is 0 Å². The first-order valence-corrected chi connectivity index (χ1v) is 10.5. The SMILES string of the molecule is O=C(Cl)c1cc(NC(=O)c2cc([N+](=O)[O-])cc([N+](=O)[O-])c2)cc(NC(=O)c2cc([N+](=O)[O-])cc([N+](=O)[O-])c2)c1. The van der Waals surface area contributed by atoms with Gasteiger partial charge in [0.2, 0.25) is 0 Å². The number of hydrogen-bond acceptors (Lipinski definition) is 11. The zero-order valence-corrected chi connectivity index (χ0v) is 19.6. The molecule has 39 heavy (non-hydrogen) atoms. The van der Waals surface area contributed by atoms with Gasteiger partial charge in [0.1, 0.15) is 0 Å². The number of amides is 2. The van der Waals surface area contributed by atoms with E-state index in [0.29, 0.717) is 12.1 Å². The topological polar surface area (TPSA) is 248 Å². The highest BCUT2D eigenvalue weighted by Gasteiger charge is 2.22. The second-order valence-corrected chi connectivity index (χ2v) is 7.83. The summed E-state index contributed by atoms with van der Waals surface area (Å²) in [5.41, 5.74) is -4.56. The predicted octanol–water partition coefficient (Wildman–Crippen LogP) is 4.20. The number of halogens is 1. The minimum atomic E-state index is -1.06. The highest BCUT2D eigenvalue weighted by molar-refractivity contribution is 6.67. The Morgan fingerprint density at radius 1 is 0.513 bits per heavy atom. The lowest BCUT2D eigenvalue weighted by Crippen LogP contribution is -2.15. The summed E-state index contributed by atoms with van der Waals surface area (Å²) in [6.45, 7) is 0. The van der Waals surface area contributed by atoms with Crippen LogP contribution >= 0.6 is 11.6 Å². The average molecular weight is 559 g/mol. The summed E-state index contributed by atoms with van der Waals surface area (Å²) in [6, 6.07) is 7.61. The molecule has 0 bridgehead atoms. The second kappa shape index (κ2) is 11.0. The molecule has 0 aliphatic rings. The van der Waals surface area contributed by atoms with Crippen LogP contribution in [0.25, 0.3) is 0 Å². The predicted molar refractivity (Wildman–Crippen MR) is 132 cm³/mol. The van der Waals surface area contributed by atoms with E-state index in [1.807, 2.05) is 0 Å². The van der Waals surface area contributed by atoms with Crippen LogP contribution in [0.2, 0.25) is 0 Å². The molecule has 2 amide bonds. The van der Waals surface area contributed by atoms with Crippen molar-refractivity contribution in [3.05, 3.63) is 112 Å². The first kappa shape index (κ1) is 27.7. The third kappa shape index (κ3) is 6.68. The minimum absolute atomic E-state index is 0.194. The molecule has 0 unspecified atom stereocenters. The fourth-order valence-corrected chi connectivity index (χ4v) is 3.28. The molecule has 3 aromatic carbocycles. The zero-order chi connectivity index (χ0) is 29.0. The van der Waals surface area contributed by atoms with Gasteiger partial charge in [-0.15, -0.1) is 0 Å². The molecule has 0 aliphatic heterocycles. The molecule has 0 aromatic heterocycles. The van der Waals surface area contributed by atoms with Gasteiger partial charge in [0.15, 0.2) is 0 Å². The molecule has 0 fully saturated rings. The molecule has 0 radical (unpaired) electrons. The number of rotatable bonds is 9. The Hall–Kier alpha value is -5.84. The second-order valence-electron chi connectivity index (χ2n) is 7.49. The number of benzene rings is 3. The minimum Gasteiger partial charge on any atom is -0.322 e. The monoisotopic (exact) mass is 558 g/mol. The van der Waals surface area contributed by atoms with Gasteiger partial charge in [-0.05, 0) is 29.8 Å². The molecule has 0 saturated heterocycles. The number of carbonyl (C=O) groups is 3. The van der Waals surface area contributed by atoms with E-state index in [-0.39, 0.29) is 16.9 Å². The van der Waals surface area contributed by atoms with Crippen LogP contribution < -0.4 is 10.6 Å². The number of non-ortho nitro benzene ring substituents is 4. The summed E-state index contributed by atoms with van der Waals surface area (Å²) in [6.07, 6.45) is 0. The summed E-state index contributed by atoms with van der Waals surface area (Å²) < 4.78 is 0. The van der Waals surface area contributed by atoms with Crippen molar-refractivity contribution in [2.24, 2.45) is 0 Å². The first-order valence-electron chi connectivity index (χ1n) is 10.1. The molecule has 198 valence electrons. The molecule has 17 nitrogen and oxygen atoms in total. The Balaban J connectivity index is 1.97. The number of nitrogens with one attached hydrogen (secondary N) is 2. The number of anilines is 2. The number of hydrogen-bond donors (Lipinski definition) is 2. The van der Waals surface area contributed by atoms with Crippen LogP contribution in [0.1, 0.15) is 31.1 Å². The third-order valence-corrected chi connectivity index (χ3v) is 5.07. The van der Waals surface area contributed by atoms with Gasteiger partial charge < -0.3 is 10.6 Å². The van der Waals surface area contributed by atoms with E-state index >= 15 is 0 Å². The highest BCUT2D eigenvalue weighted by Crippen LogP contribution is 2.27. The summed E-state index contributed by atoms with van der Waals surface area (Å²) in [5, 5.41) is 47.9. The third-order valence-electron chi connectivity index (χ3n) is 4.85. The van der Waals surface area contributed by atoms with Crippen LogP contribution in [-0.2, 0) is 0 Å². The maximum absolute atomic E-state index is 12.7. The number of nitrogens with zero attached hydrogens (tertiary/aromatic N) is 4. The van der Waals surface area contributed by atoms with Crippen LogP contribution in [-0.4, -0.2) is 36.8 Å². The summed E-state index contributed by atoms with van der Waals surface area (Å²) in [7, 11) is 0. The maximum atomic E-state index is 12.7. The molecule has 0 atom stereocenters. The Morgan fingerprint density at radius 3 is 1.08 bits per heavy atom. The Labute approximate surface area is 219 Å². The van der Waals surface area contributed by atoms with Crippen molar-refractivity contribution < 1.29 is 34.1 Å². The van der Waals surface area contributed by atoms with Crippen LogP contribution in [0.4, 0.5) is 34.1 Å². The standard InChI is InChI=1S/C21H11ClN6O11/c22-19(29)10-1-13(23-20(30)11-3-15(25(32)33)8-16(4-11)26(34)35)7-14(2-10)24-21(31)12-5-17(27(36)37)9-18(6-12)28(38)39/h1-9H,(H,23,30)(H,24,31). The number of nitro groups is 4. The maximum Gasteiger partial charge on any atom is 0.277 e. The van der Waals surface area contributed by atoms with E-state index < -0.39 is 70.6 Å². The zero-order valence-electron chi connectivity index (χ0n) is 18.9. The van der Waals surface area contributed by atoms with Crippen molar-refractivity contribution in [1.82, 2.24) is 0 Å². The fraction of sp³-hybridized carbons (Fsp3) is 0. The lowest BCUT2D eigenvalue weighted by molar-refractivity contribution is -0.394. The van der Waals surface area contributed by atoms with E-state index in [9.17, 15) is 54.8 Å². The lowest BCUT2D eigenvalue weighted by Gasteiger charge is -2.11. The first-order chi connectivity index (χ1) is 18.2. The Kier molecular flexibility index (Phi) is 7.86. The van der Waals surface area contributed by atoms with Gasteiger partial charge in [-0.2, -0.15) is 0 Å². The molecule has 0 aliphatic carbocycles. The molecular formula is C21H11ClN6O11. The van der Waals surface area contributed by atoms with E-state index in [1.165, 1.54) is 0 Å². The average Bonchev–Trinajstić information content (AvgIpc) is 2.87. The summed E-state index contributed by atoms with van der Waals surface area (Å²) >= 11 is 5.51. The van der Waals surface area contributed by atoms with Crippen molar-refractivity contribution in [3.8, 4) is 0 Å². The number of carbonyl (C=O) groups excluding carboxylic acids is 3. The Bertz CT molecular complexity index is 1430.